The van der Waals surface area contributed by atoms with E-state index in [1.807, 2.05) is 0 Å². The molecule has 2 rings (SSSR count). The average molecular weight is 552 g/mol. The summed E-state index contributed by atoms with van der Waals surface area (Å²) >= 11 is 3.87. The van der Waals surface area contributed by atoms with Gasteiger partial charge < -0.3 is 42.0 Å². The number of carbonyl (C=O) groups excluding carboxylic acids is 3. The summed E-state index contributed by atoms with van der Waals surface area (Å²) in [7, 11) is 0. The van der Waals surface area contributed by atoms with Crippen molar-refractivity contribution in [3.05, 3.63) is 36.0 Å². The molecule has 4 unspecified atom stereocenters. The highest BCUT2D eigenvalue weighted by molar-refractivity contribution is 7.80. The van der Waals surface area contributed by atoms with Crippen molar-refractivity contribution in [3.63, 3.8) is 0 Å². The highest BCUT2D eigenvalue weighted by Crippen LogP contribution is 2.19. The van der Waals surface area contributed by atoms with Gasteiger partial charge in [-0.15, -0.1) is 0 Å². The second kappa shape index (κ2) is 14.0. The number of rotatable bonds is 15. The van der Waals surface area contributed by atoms with Crippen LogP contribution in [0.3, 0.4) is 0 Å². The molecule has 0 radical (unpaired) electrons. The summed E-state index contributed by atoms with van der Waals surface area (Å²) in [5.41, 5.74) is 6.90. The molecule has 3 amide bonds. The minimum atomic E-state index is -1.65. The SMILES string of the molecule is NC(CS)C(=O)NC(CC(=O)O)C(=O)NC(CCC(=O)O)C(=O)NC(Cc1c[nH]c2ccccc12)C(=O)O. The molecule has 0 saturated carbocycles. The van der Waals surface area contributed by atoms with Crippen LogP contribution in [0.15, 0.2) is 30.5 Å². The molecular weight excluding hydrogens is 522 g/mol. The van der Waals surface area contributed by atoms with Gasteiger partial charge in [-0.05, 0) is 18.1 Å². The number of hydrogen-bond donors (Lipinski definition) is 9. The third kappa shape index (κ3) is 8.77. The van der Waals surface area contributed by atoms with Gasteiger partial charge in [0.15, 0.2) is 0 Å². The van der Waals surface area contributed by atoms with Crippen LogP contribution in [-0.2, 0) is 35.2 Å². The number of thiol groups is 1. The summed E-state index contributed by atoms with van der Waals surface area (Å²) in [6, 6.07) is 1.35. The number of aromatic nitrogens is 1. The van der Waals surface area contributed by atoms with Crippen LogP contribution in [-0.4, -0.2) is 85.9 Å². The summed E-state index contributed by atoms with van der Waals surface area (Å²) in [6.07, 6.45) is -0.382. The fourth-order valence-electron chi connectivity index (χ4n) is 3.55. The van der Waals surface area contributed by atoms with E-state index < -0.39 is 79.1 Å². The van der Waals surface area contributed by atoms with Gasteiger partial charge in [-0.3, -0.25) is 24.0 Å². The lowest BCUT2D eigenvalue weighted by molar-refractivity contribution is -0.143. The second-order valence-corrected chi connectivity index (χ2v) is 8.77. The summed E-state index contributed by atoms with van der Waals surface area (Å²) in [5, 5.41) is 35.3. The zero-order valence-corrected chi connectivity index (χ0v) is 20.9. The number of carbonyl (C=O) groups is 6. The fourth-order valence-corrected chi connectivity index (χ4v) is 3.71. The van der Waals surface area contributed by atoms with Crippen molar-refractivity contribution in [1.82, 2.24) is 20.9 Å². The van der Waals surface area contributed by atoms with E-state index in [4.69, 9.17) is 15.9 Å². The third-order valence-electron chi connectivity index (χ3n) is 5.54. The molecule has 0 saturated heterocycles. The van der Waals surface area contributed by atoms with Gasteiger partial charge in [-0.2, -0.15) is 12.6 Å². The maximum atomic E-state index is 13.0. The minimum Gasteiger partial charge on any atom is -0.481 e. The lowest BCUT2D eigenvalue weighted by Crippen LogP contribution is -2.57. The molecule has 2 aromatic rings. The van der Waals surface area contributed by atoms with E-state index in [-0.39, 0.29) is 12.2 Å². The number of para-hydroxylation sites is 1. The number of nitrogens with one attached hydrogen (secondary N) is 4. The van der Waals surface area contributed by atoms with Crippen LogP contribution in [0.4, 0.5) is 0 Å². The quantitative estimate of drug-likeness (QED) is 0.120. The van der Waals surface area contributed by atoms with Gasteiger partial charge in [0.25, 0.3) is 0 Å². The summed E-state index contributed by atoms with van der Waals surface area (Å²) in [4.78, 5) is 75.2. The van der Waals surface area contributed by atoms with Gasteiger partial charge in [-0.1, -0.05) is 18.2 Å². The molecule has 4 atom stereocenters. The van der Waals surface area contributed by atoms with Gasteiger partial charge in [0, 0.05) is 35.7 Å². The van der Waals surface area contributed by atoms with Crippen molar-refractivity contribution < 1.29 is 44.1 Å². The lowest BCUT2D eigenvalue weighted by Gasteiger charge is -2.24. The number of benzene rings is 1. The van der Waals surface area contributed by atoms with Crippen molar-refractivity contribution >= 4 is 59.2 Å². The first-order chi connectivity index (χ1) is 17.9. The standard InChI is InChI=1S/C23H29N5O9S/c24-13(10-38)20(33)27-16(8-19(31)32)22(35)26-15(5-6-18(29)30)21(34)28-17(23(36)37)7-11-9-25-14-4-2-1-3-12(11)14/h1-4,9,13,15-17,25,38H,5-8,10,24H2,(H,26,35)(H,27,33)(H,28,34)(H,29,30)(H,31,32)(H,36,37). The van der Waals surface area contributed by atoms with Gasteiger partial charge in [-0.25, -0.2) is 4.79 Å². The summed E-state index contributed by atoms with van der Waals surface area (Å²) in [6.45, 7) is 0. The predicted molar refractivity (Wildman–Crippen MR) is 136 cm³/mol. The Labute approximate surface area is 221 Å². The Morgan fingerprint density at radius 2 is 1.47 bits per heavy atom. The maximum absolute atomic E-state index is 13.0. The average Bonchev–Trinajstić information content (AvgIpc) is 3.27. The van der Waals surface area contributed by atoms with Crippen molar-refractivity contribution in [1.29, 1.82) is 0 Å². The van der Waals surface area contributed by atoms with E-state index >= 15 is 0 Å². The predicted octanol–water partition coefficient (Wildman–Crippen LogP) is -1.15. The lowest BCUT2D eigenvalue weighted by atomic mass is 10.0. The second-order valence-electron chi connectivity index (χ2n) is 8.40. The molecule has 0 fully saturated rings. The maximum Gasteiger partial charge on any atom is 0.326 e. The molecule has 0 aliphatic heterocycles. The number of H-pyrrole nitrogens is 1. The Morgan fingerprint density at radius 1 is 0.868 bits per heavy atom. The molecule has 38 heavy (non-hydrogen) atoms. The minimum absolute atomic E-state index is 0.0934. The number of fused-ring (bicyclic) bond motifs is 1. The Morgan fingerprint density at radius 3 is 2.08 bits per heavy atom. The van der Waals surface area contributed by atoms with Crippen LogP contribution in [0, 0.1) is 0 Å². The molecule has 206 valence electrons. The Balaban J connectivity index is 2.21. The van der Waals surface area contributed by atoms with Crippen LogP contribution in [0.1, 0.15) is 24.8 Å². The van der Waals surface area contributed by atoms with E-state index in [1.54, 1.807) is 30.5 Å². The normalized spacial score (nSPS) is 14.1. The van der Waals surface area contributed by atoms with Crippen LogP contribution >= 0.6 is 12.6 Å². The fraction of sp³-hybridized carbons (Fsp3) is 0.391. The van der Waals surface area contributed by atoms with Crippen LogP contribution in [0.5, 0.6) is 0 Å². The number of aliphatic carboxylic acids is 3. The molecular formula is C23H29N5O9S. The molecule has 1 heterocycles. The smallest absolute Gasteiger partial charge is 0.326 e. The number of carboxylic acids is 3. The first kappa shape index (κ1) is 30.1. The monoisotopic (exact) mass is 551 g/mol. The molecule has 15 heteroatoms. The Bertz CT molecular complexity index is 1200. The van der Waals surface area contributed by atoms with Crippen molar-refractivity contribution in [2.75, 3.05) is 5.75 Å². The first-order valence-corrected chi connectivity index (χ1v) is 12.0. The molecule has 1 aromatic carbocycles. The van der Waals surface area contributed by atoms with E-state index in [0.717, 1.165) is 10.9 Å². The molecule has 14 nitrogen and oxygen atoms in total. The van der Waals surface area contributed by atoms with Crippen LogP contribution in [0.2, 0.25) is 0 Å². The van der Waals surface area contributed by atoms with E-state index in [0.29, 0.717) is 5.56 Å². The summed E-state index contributed by atoms with van der Waals surface area (Å²) in [5.74, 6) is -7.16. The van der Waals surface area contributed by atoms with Gasteiger partial charge in [0.2, 0.25) is 17.7 Å². The number of carboxylic acid groups (broad SMARTS) is 3. The van der Waals surface area contributed by atoms with Crippen LogP contribution in [0.25, 0.3) is 10.9 Å². The highest BCUT2D eigenvalue weighted by atomic mass is 32.1. The molecule has 1 aromatic heterocycles. The zero-order valence-electron chi connectivity index (χ0n) is 20.0. The number of hydrogen-bond acceptors (Lipinski definition) is 8. The first-order valence-electron chi connectivity index (χ1n) is 11.4. The van der Waals surface area contributed by atoms with E-state index in [2.05, 4.69) is 33.6 Å². The zero-order chi connectivity index (χ0) is 28.4. The number of nitrogens with two attached hydrogens (primary N) is 1. The highest BCUT2D eigenvalue weighted by Gasteiger charge is 2.32. The summed E-state index contributed by atoms with van der Waals surface area (Å²) < 4.78 is 0. The Kier molecular flexibility index (Phi) is 11.1. The van der Waals surface area contributed by atoms with Crippen molar-refractivity contribution in [3.8, 4) is 0 Å². The Hall–Kier alpha value is -4.11. The molecule has 0 spiro atoms. The van der Waals surface area contributed by atoms with Crippen molar-refractivity contribution in [2.45, 2.75) is 49.9 Å². The molecule has 0 bridgehead atoms. The van der Waals surface area contributed by atoms with Crippen molar-refractivity contribution in [2.24, 2.45) is 5.73 Å². The number of aromatic amines is 1. The third-order valence-corrected chi connectivity index (χ3v) is 5.93. The van der Waals surface area contributed by atoms with E-state index in [1.165, 1.54) is 0 Å². The molecule has 0 aliphatic carbocycles. The topological polar surface area (TPSA) is 241 Å². The molecule has 0 aliphatic rings. The largest absolute Gasteiger partial charge is 0.481 e. The van der Waals surface area contributed by atoms with Crippen LogP contribution < -0.4 is 21.7 Å². The van der Waals surface area contributed by atoms with Gasteiger partial charge >= 0.3 is 17.9 Å². The van der Waals surface area contributed by atoms with Gasteiger partial charge in [0.1, 0.15) is 18.1 Å². The number of amides is 3. The van der Waals surface area contributed by atoms with E-state index in [9.17, 15) is 33.9 Å². The molecule has 9 N–H and O–H groups in total. The van der Waals surface area contributed by atoms with Gasteiger partial charge in [0.05, 0.1) is 12.5 Å².